The molecule has 5 nitrogen and oxygen atoms in total. The molecule has 0 bridgehead atoms. The number of aryl methyl sites for hydroxylation is 2. The van der Waals surface area contributed by atoms with Crippen LogP contribution < -0.4 is 5.32 Å². The number of carbonyl (C=O) groups excluding carboxylic acids is 1. The van der Waals surface area contributed by atoms with Gasteiger partial charge >= 0.3 is 5.97 Å². The lowest BCUT2D eigenvalue weighted by Gasteiger charge is -2.18. The molecule has 0 amide bonds. The smallest absolute Gasteiger partial charge is 0.316 e. The summed E-state index contributed by atoms with van der Waals surface area (Å²) in [6.07, 6.45) is 4.80. The molecule has 196 valence electrons. The third-order valence-electron chi connectivity index (χ3n) is 7.66. The van der Waals surface area contributed by atoms with Crippen LogP contribution in [0.4, 0.5) is 5.69 Å². The molecule has 5 heteroatoms. The van der Waals surface area contributed by atoms with Crippen LogP contribution in [-0.4, -0.2) is 23.8 Å². The van der Waals surface area contributed by atoms with Gasteiger partial charge in [0.1, 0.15) is 11.4 Å². The molecule has 38 heavy (non-hydrogen) atoms. The molecule has 1 heterocycles. The van der Waals surface area contributed by atoms with Crippen molar-refractivity contribution in [1.29, 1.82) is 0 Å². The average Bonchev–Trinajstić information content (AvgIpc) is 3.70. The summed E-state index contributed by atoms with van der Waals surface area (Å²) in [5.41, 5.74) is 7.01. The predicted octanol–water partition coefficient (Wildman–Crippen LogP) is 7.74. The van der Waals surface area contributed by atoms with Crippen LogP contribution in [0.25, 0.3) is 22.5 Å². The molecule has 1 fully saturated rings. The Kier molecular flexibility index (Phi) is 7.64. The highest BCUT2D eigenvalue weighted by molar-refractivity contribution is 5.87. The summed E-state index contributed by atoms with van der Waals surface area (Å²) in [5, 5.41) is 7.98. The number of carbonyl (C=O) groups is 1. The first-order valence-corrected chi connectivity index (χ1v) is 13.7. The summed E-state index contributed by atoms with van der Waals surface area (Å²) < 4.78 is 11.1. The summed E-state index contributed by atoms with van der Waals surface area (Å²) in [4.78, 5) is 12.4. The summed E-state index contributed by atoms with van der Waals surface area (Å²) >= 11 is 0. The van der Waals surface area contributed by atoms with E-state index in [-0.39, 0.29) is 5.97 Å². The Hall–Kier alpha value is -3.86. The fraction of sp³-hybridized carbons (Fsp3) is 0.333. The van der Waals surface area contributed by atoms with Crippen molar-refractivity contribution in [2.45, 2.75) is 64.3 Å². The maximum Gasteiger partial charge on any atom is 0.316 e. The number of ether oxygens (including phenoxy) is 1. The van der Waals surface area contributed by atoms with Crippen LogP contribution >= 0.6 is 0 Å². The SMILES string of the molecule is CCOC(=O)C1(c2ccc(-c3ccc(-c4onc(C)c4NC(CC)CCc4ccccc4)cc3)cc2)CC1. The Labute approximate surface area is 225 Å². The van der Waals surface area contributed by atoms with Crippen molar-refractivity contribution in [3.8, 4) is 22.5 Å². The van der Waals surface area contributed by atoms with E-state index in [0.717, 1.165) is 71.5 Å². The fourth-order valence-electron chi connectivity index (χ4n) is 5.11. The van der Waals surface area contributed by atoms with Crippen molar-refractivity contribution in [2.24, 2.45) is 0 Å². The van der Waals surface area contributed by atoms with E-state index < -0.39 is 5.41 Å². The van der Waals surface area contributed by atoms with Crippen molar-refractivity contribution in [2.75, 3.05) is 11.9 Å². The lowest BCUT2D eigenvalue weighted by Crippen LogP contribution is -2.23. The predicted molar refractivity (Wildman–Crippen MR) is 152 cm³/mol. The molecule has 4 aromatic rings. The van der Waals surface area contributed by atoms with E-state index in [1.165, 1.54) is 5.56 Å². The van der Waals surface area contributed by atoms with Gasteiger partial charge < -0.3 is 14.6 Å². The summed E-state index contributed by atoms with van der Waals surface area (Å²) in [5.74, 6) is 0.668. The highest BCUT2D eigenvalue weighted by atomic mass is 16.5. The zero-order valence-corrected chi connectivity index (χ0v) is 22.5. The molecule has 0 aliphatic heterocycles. The van der Waals surface area contributed by atoms with Crippen LogP contribution in [0.1, 0.15) is 56.4 Å². The number of hydrogen-bond acceptors (Lipinski definition) is 5. The molecule has 0 spiro atoms. The molecule has 5 rings (SSSR count). The van der Waals surface area contributed by atoms with E-state index in [2.05, 4.69) is 96.3 Å². The molecule has 1 aliphatic carbocycles. The van der Waals surface area contributed by atoms with E-state index in [1.54, 1.807) is 0 Å². The molecule has 0 saturated heterocycles. The zero-order valence-electron chi connectivity index (χ0n) is 22.5. The maximum atomic E-state index is 12.4. The number of nitrogens with one attached hydrogen (secondary N) is 1. The third kappa shape index (κ3) is 5.38. The lowest BCUT2D eigenvalue weighted by atomic mass is 9.93. The van der Waals surface area contributed by atoms with Gasteiger partial charge in [-0.15, -0.1) is 0 Å². The number of benzene rings is 3. The minimum Gasteiger partial charge on any atom is -0.465 e. The fourth-order valence-corrected chi connectivity index (χ4v) is 5.11. The first-order chi connectivity index (χ1) is 18.5. The van der Waals surface area contributed by atoms with Gasteiger partial charge in [-0.25, -0.2) is 0 Å². The second-order valence-corrected chi connectivity index (χ2v) is 10.2. The molecular formula is C33H36N2O3. The van der Waals surface area contributed by atoms with Gasteiger partial charge in [0.25, 0.3) is 0 Å². The van der Waals surface area contributed by atoms with E-state index in [9.17, 15) is 4.79 Å². The van der Waals surface area contributed by atoms with E-state index in [0.29, 0.717) is 12.6 Å². The standard InChI is InChI=1S/C33H36N2O3/c1-4-29(20-11-24-9-7-6-8-10-24)34-30-23(3)35-38-31(30)27-14-12-25(13-15-27)26-16-18-28(19-17-26)33(21-22-33)32(36)37-5-2/h6-10,12-19,29,34H,4-5,11,20-22H2,1-3H3. The third-order valence-corrected chi connectivity index (χ3v) is 7.66. The molecule has 1 aromatic heterocycles. The van der Waals surface area contributed by atoms with Gasteiger partial charge in [0, 0.05) is 11.6 Å². The second-order valence-electron chi connectivity index (χ2n) is 10.2. The Morgan fingerprint density at radius 1 is 0.947 bits per heavy atom. The number of hydrogen-bond donors (Lipinski definition) is 1. The highest BCUT2D eigenvalue weighted by Gasteiger charge is 2.52. The van der Waals surface area contributed by atoms with Crippen molar-refractivity contribution in [1.82, 2.24) is 5.16 Å². The molecule has 3 aromatic carbocycles. The molecule has 0 radical (unpaired) electrons. The van der Waals surface area contributed by atoms with Gasteiger partial charge in [0.05, 0.1) is 12.0 Å². The highest BCUT2D eigenvalue weighted by Crippen LogP contribution is 2.49. The Morgan fingerprint density at radius 2 is 1.58 bits per heavy atom. The van der Waals surface area contributed by atoms with Crippen LogP contribution in [0.3, 0.4) is 0 Å². The average molecular weight is 509 g/mol. The van der Waals surface area contributed by atoms with Crippen LogP contribution in [0.2, 0.25) is 0 Å². The second kappa shape index (κ2) is 11.3. The summed E-state index contributed by atoms with van der Waals surface area (Å²) in [6, 6.07) is 27.6. The molecule has 1 saturated carbocycles. The minimum atomic E-state index is -0.441. The number of anilines is 1. The van der Waals surface area contributed by atoms with Gasteiger partial charge in [-0.1, -0.05) is 90.9 Å². The molecular weight excluding hydrogens is 472 g/mol. The van der Waals surface area contributed by atoms with Crippen molar-refractivity contribution in [3.05, 3.63) is 95.7 Å². The topological polar surface area (TPSA) is 64.4 Å². The van der Waals surface area contributed by atoms with Crippen LogP contribution in [-0.2, 0) is 21.4 Å². The zero-order chi connectivity index (χ0) is 26.5. The number of esters is 1. The number of rotatable bonds is 11. The normalized spacial score (nSPS) is 14.6. The molecule has 1 N–H and O–H groups in total. The van der Waals surface area contributed by atoms with Crippen molar-refractivity contribution < 1.29 is 14.1 Å². The van der Waals surface area contributed by atoms with Crippen LogP contribution in [0.15, 0.2) is 83.4 Å². The molecule has 1 unspecified atom stereocenters. The van der Waals surface area contributed by atoms with Crippen molar-refractivity contribution in [3.63, 3.8) is 0 Å². The van der Waals surface area contributed by atoms with Gasteiger partial charge in [0.15, 0.2) is 5.76 Å². The molecule has 1 aliphatic rings. The van der Waals surface area contributed by atoms with Gasteiger partial charge in [-0.05, 0) is 68.2 Å². The van der Waals surface area contributed by atoms with Gasteiger partial charge in [0.2, 0.25) is 0 Å². The Balaban J connectivity index is 1.29. The van der Waals surface area contributed by atoms with Gasteiger partial charge in [-0.3, -0.25) is 4.79 Å². The van der Waals surface area contributed by atoms with Crippen molar-refractivity contribution >= 4 is 11.7 Å². The maximum absolute atomic E-state index is 12.4. The lowest BCUT2D eigenvalue weighted by molar-refractivity contribution is -0.146. The first kappa shape index (κ1) is 25.8. The Bertz CT molecular complexity index is 1350. The first-order valence-electron chi connectivity index (χ1n) is 13.7. The van der Waals surface area contributed by atoms with E-state index in [1.807, 2.05) is 13.8 Å². The number of nitrogens with zero attached hydrogens (tertiary/aromatic N) is 1. The monoisotopic (exact) mass is 508 g/mol. The number of aromatic nitrogens is 1. The minimum absolute atomic E-state index is 0.103. The van der Waals surface area contributed by atoms with Crippen LogP contribution in [0.5, 0.6) is 0 Å². The van der Waals surface area contributed by atoms with Crippen LogP contribution in [0, 0.1) is 6.92 Å². The quantitative estimate of drug-likeness (QED) is 0.210. The summed E-state index contributed by atoms with van der Waals surface area (Å²) in [6.45, 7) is 6.47. The van der Waals surface area contributed by atoms with E-state index >= 15 is 0 Å². The summed E-state index contributed by atoms with van der Waals surface area (Å²) in [7, 11) is 0. The van der Waals surface area contributed by atoms with Gasteiger partial charge in [-0.2, -0.15) is 0 Å². The molecule has 1 atom stereocenters. The van der Waals surface area contributed by atoms with E-state index in [4.69, 9.17) is 9.26 Å². The Morgan fingerprint density at radius 3 is 2.18 bits per heavy atom. The largest absolute Gasteiger partial charge is 0.465 e.